The number of halogens is 2. The lowest BCUT2D eigenvalue weighted by Crippen LogP contribution is -1.94. The van der Waals surface area contributed by atoms with E-state index in [0.29, 0.717) is 0 Å². The van der Waals surface area contributed by atoms with Crippen molar-refractivity contribution in [2.75, 3.05) is 0 Å². The van der Waals surface area contributed by atoms with Crippen molar-refractivity contribution < 1.29 is 16.7 Å². The fourth-order valence-corrected chi connectivity index (χ4v) is 1.18. The van der Waals surface area contributed by atoms with Gasteiger partial charge >= 0.3 is 10.2 Å². The van der Waals surface area contributed by atoms with Crippen LogP contribution in [0, 0.1) is 5.82 Å². The van der Waals surface area contributed by atoms with Gasteiger partial charge in [0.05, 0.1) is 0 Å². The van der Waals surface area contributed by atoms with Crippen molar-refractivity contribution in [3.05, 3.63) is 30.1 Å². The molecule has 0 fully saturated rings. The van der Waals surface area contributed by atoms with Crippen molar-refractivity contribution in [2.45, 2.75) is 18.7 Å². The molecule has 0 bridgehead atoms. The molecule has 0 saturated carbocycles. The van der Waals surface area contributed by atoms with E-state index in [9.17, 15) is 16.7 Å². The highest BCUT2D eigenvalue weighted by Crippen LogP contribution is 2.15. The highest BCUT2D eigenvalue weighted by atomic mass is 32.3. The quantitative estimate of drug-likeness (QED) is 0.664. The SMILES string of the molecule is CC.O=S(=O)(F)c1ccccc1F. The van der Waals surface area contributed by atoms with E-state index in [4.69, 9.17) is 0 Å². The monoisotopic (exact) mass is 208 g/mol. The Bertz CT molecular complexity index is 360. The lowest BCUT2D eigenvalue weighted by molar-refractivity contribution is 0.533. The first kappa shape index (κ1) is 12.0. The van der Waals surface area contributed by atoms with Gasteiger partial charge in [0.1, 0.15) is 10.7 Å². The molecule has 0 saturated heterocycles. The maximum atomic E-state index is 12.5. The number of rotatable bonds is 1. The van der Waals surface area contributed by atoms with Gasteiger partial charge in [-0.25, -0.2) is 4.39 Å². The Labute approximate surface area is 76.4 Å². The average molecular weight is 208 g/mol. The third-order valence-corrected chi connectivity index (χ3v) is 1.96. The van der Waals surface area contributed by atoms with Crippen LogP contribution in [0.25, 0.3) is 0 Å². The number of hydrogen-bond acceptors (Lipinski definition) is 2. The Morgan fingerprint density at radius 3 is 1.92 bits per heavy atom. The van der Waals surface area contributed by atoms with Crippen LogP contribution in [0.5, 0.6) is 0 Å². The average Bonchev–Trinajstić information content (AvgIpc) is 2.07. The van der Waals surface area contributed by atoms with Gasteiger partial charge in [-0.1, -0.05) is 26.0 Å². The van der Waals surface area contributed by atoms with Gasteiger partial charge in [-0.15, -0.1) is 3.89 Å². The third kappa shape index (κ3) is 3.50. The molecule has 0 aliphatic rings. The predicted octanol–water partition coefficient (Wildman–Crippen LogP) is 2.51. The summed E-state index contributed by atoms with van der Waals surface area (Å²) in [5.74, 6) is -1.07. The smallest absolute Gasteiger partial charge is 0.205 e. The van der Waals surface area contributed by atoms with Crippen LogP contribution in [0.2, 0.25) is 0 Å². The Morgan fingerprint density at radius 2 is 1.62 bits per heavy atom. The van der Waals surface area contributed by atoms with Gasteiger partial charge < -0.3 is 0 Å². The van der Waals surface area contributed by atoms with Crippen molar-refractivity contribution in [1.29, 1.82) is 0 Å². The van der Waals surface area contributed by atoms with Crippen LogP contribution < -0.4 is 0 Å². The molecule has 0 aliphatic heterocycles. The second-order valence-electron chi connectivity index (χ2n) is 1.87. The predicted molar refractivity (Wildman–Crippen MR) is 46.0 cm³/mol. The van der Waals surface area contributed by atoms with E-state index in [1.165, 1.54) is 12.1 Å². The second kappa shape index (κ2) is 4.91. The van der Waals surface area contributed by atoms with Crippen molar-refractivity contribution in [3.8, 4) is 0 Å². The van der Waals surface area contributed by atoms with Crippen LogP contribution in [0.1, 0.15) is 13.8 Å². The lowest BCUT2D eigenvalue weighted by atomic mass is 10.4. The van der Waals surface area contributed by atoms with E-state index in [0.717, 1.165) is 12.1 Å². The topological polar surface area (TPSA) is 34.1 Å². The molecule has 0 amide bonds. The Balaban J connectivity index is 0.000000671. The summed E-state index contributed by atoms with van der Waals surface area (Å²) in [7, 11) is -4.91. The zero-order valence-electron chi connectivity index (χ0n) is 7.29. The van der Waals surface area contributed by atoms with E-state index in [1.54, 1.807) is 0 Å². The molecule has 1 aromatic carbocycles. The maximum Gasteiger partial charge on any atom is 0.335 e. The van der Waals surface area contributed by atoms with Crippen LogP contribution in [0.15, 0.2) is 29.2 Å². The van der Waals surface area contributed by atoms with Crippen LogP contribution in [-0.2, 0) is 10.2 Å². The first-order chi connectivity index (χ1) is 6.02. The first-order valence-electron chi connectivity index (χ1n) is 3.71. The normalized spacial score (nSPS) is 10.2. The molecule has 0 atom stereocenters. The van der Waals surface area contributed by atoms with E-state index in [-0.39, 0.29) is 0 Å². The molecule has 5 heteroatoms. The molecule has 0 aliphatic carbocycles. The molecular formula is C8H10F2O2S. The third-order valence-electron chi connectivity index (χ3n) is 1.10. The van der Waals surface area contributed by atoms with Crippen molar-refractivity contribution in [1.82, 2.24) is 0 Å². The highest BCUT2D eigenvalue weighted by molar-refractivity contribution is 7.86. The molecule has 13 heavy (non-hydrogen) atoms. The zero-order chi connectivity index (χ0) is 10.5. The van der Waals surface area contributed by atoms with Gasteiger partial charge in [0.25, 0.3) is 0 Å². The molecule has 0 spiro atoms. The standard InChI is InChI=1S/C6H4F2O2S.C2H6/c7-5-3-1-2-4-6(5)11(8,9)10;1-2/h1-4H;1-2H3. The largest absolute Gasteiger partial charge is 0.335 e. The lowest BCUT2D eigenvalue weighted by Gasteiger charge is -1.93. The molecule has 0 aromatic heterocycles. The number of benzene rings is 1. The van der Waals surface area contributed by atoms with E-state index in [1.807, 2.05) is 13.8 Å². The van der Waals surface area contributed by atoms with Crippen LogP contribution in [-0.4, -0.2) is 8.42 Å². The van der Waals surface area contributed by atoms with Gasteiger partial charge in [0.2, 0.25) is 0 Å². The molecule has 1 rings (SSSR count). The Hall–Kier alpha value is -0.970. The van der Waals surface area contributed by atoms with Gasteiger partial charge in [-0.2, -0.15) is 8.42 Å². The summed E-state index contributed by atoms with van der Waals surface area (Å²) >= 11 is 0. The van der Waals surface area contributed by atoms with Crippen LogP contribution in [0.4, 0.5) is 8.28 Å². The van der Waals surface area contributed by atoms with Gasteiger partial charge in [-0.05, 0) is 12.1 Å². The molecule has 74 valence electrons. The molecule has 0 radical (unpaired) electrons. The van der Waals surface area contributed by atoms with Gasteiger partial charge in [0, 0.05) is 0 Å². The van der Waals surface area contributed by atoms with Crippen LogP contribution in [0.3, 0.4) is 0 Å². The minimum Gasteiger partial charge on any atom is -0.205 e. The molecular weight excluding hydrogens is 198 g/mol. The second-order valence-corrected chi connectivity index (χ2v) is 3.18. The van der Waals surface area contributed by atoms with Crippen molar-refractivity contribution >= 4 is 10.2 Å². The molecule has 0 heterocycles. The van der Waals surface area contributed by atoms with Gasteiger partial charge in [-0.3, -0.25) is 0 Å². The Morgan fingerprint density at radius 1 is 1.15 bits per heavy atom. The van der Waals surface area contributed by atoms with Crippen molar-refractivity contribution in [2.24, 2.45) is 0 Å². The summed E-state index contributed by atoms with van der Waals surface area (Å²) in [6, 6.07) is 4.27. The summed E-state index contributed by atoms with van der Waals surface area (Å²) in [5.41, 5.74) is 0. The molecule has 0 N–H and O–H groups in total. The summed E-state index contributed by atoms with van der Waals surface area (Å²) in [6.07, 6.45) is 0. The minimum atomic E-state index is -4.91. The van der Waals surface area contributed by atoms with Crippen LogP contribution >= 0.6 is 0 Å². The van der Waals surface area contributed by atoms with Gasteiger partial charge in [0.15, 0.2) is 0 Å². The maximum absolute atomic E-state index is 12.5. The first-order valence-corrected chi connectivity index (χ1v) is 5.09. The summed E-state index contributed by atoms with van der Waals surface area (Å²) in [4.78, 5) is -0.917. The molecule has 2 nitrogen and oxygen atoms in total. The van der Waals surface area contributed by atoms with Crippen molar-refractivity contribution in [3.63, 3.8) is 0 Å². The fraction of sp³-hybridized carbons (Fsp3) is 0.250. The van der Waals surface area contributed by atoms with E-state index in [2.05, 4.69) is 0 Å². The molecule has 1 aromatic rings. The summed E-state index contributed by atoms with van der Waals surface area (Å²) in [6.45, 7) is 4.00. The highest BCUT2D eigenvalue weighted by Gasteiger charge is 2.15. The van der Waals surface area contributed by atoms with E-state index < -0.39 is 20.9 Å². The number of hydrogen-bond donors (Lipinski definition) is 0. The Kier molecular flexibility index (Phi) is 4.55. The zero-order valence-corrected chi connectivity index (χ0v) is 8.11. The fourth-order valence-electron chi connectivity index (χ4n) is 0.642. The van der Waals surface area contributed by atoms with E-state index >= 15 is 0 Å². The minimum absolute atomic E-state index is 0.866. The summed E-state index contributed by atoms with van der Waals surface area (Å²) in [5, 5.41) is 0. The molecule has 0 unspecified atom stereocenters. The summed E-state index contributed by atoms with van der Waals surface area (Å²) < 4.78 is 44.9.